The van der Waals surface area contributed by atoms with Gasteiger partial charge < -0.3 is 30.3 Å². The molecule has 1 heterocycles. The first-order valence-corrected chi connectivity index (χ1v) is 12.0. The Balaban J connectivity index is 1.64. The van der Waals surface area contributed by atoms with Gasteiger partial charge in [0.2, 0.25) is 5.91 Å². The third-order valence-corrected chi connectivity index (χ3v) is 7.04. The molecule has 0 spiro atoms. The van der Waals surface area contributed by atoms with E-state index < -0.39 is 24.0 Å². The number of phenols is 1. The van der Waals surface area contributed by atoms with Crippen LogP contribution in [0.3, 0.4) is 0 Å². The van der Waals surface area contributed by atoms with Crippen molar-refractivity contribution in [3.8, 4) is 28.4 Å². The monoisotopic (exact) mass is 504 g/mol. The van der Waals surface area contributed by atoms with Crippen molar-refractivity contribution in [2.45, 2.75) is 45.3 Å². The first-order chi connectivity index (χ1) is 17.6. The second-order valence-corrected chi connectivity index (χ2v) is 9.44. The molecule has 0 aliphatic carbocycles. The van der Waals surface area contributed by atoms with Gasteiger partial charge in [0, 0.05) is 18.5 Å². The lowest BCUT2D eigenvalue weighted by molar-refractivity contribution is -0.152. The molecule has 1 amide bonds. The number of carbonyl (C=O) groups is 2. The maximum Gasteiger partial charge on any atom is 0.326 e. The van der Waals surface area contributed by atoms with Crippen molar-refractivity contribution in [3.05, 3.63) is 76.3 Å². The Morgan fingerprint density at radius 1 is 1.03 bits per heavy atom. The molecule has 8 heteroatoms. The van der Waals surface area contributed by atoms with Crippen LogP contribution in [0.15, 0.2) is 48.5 Å². The van der Waals surface area contributed by atoms with Crippen LogP contribution in [-0.2, 0) is 29.0 Å². The lowest BCUT2D eigenvalue weighted by Gasteiger charge is -2.36. The molecule has 0 fully saturated rings. The number of aromatic hydroxyl groups is 1. The molecule has 0 bridgehead atoms. The number of methoxy groups -OCH3 is 2. The summed E-state index contributed by atoms with van der Waals surface area (Å²) in [5.41, 5.74) is 12.3. The Hall–Kier alpha value is -4.04. The van der Waals surface area contributed by atoms with Crippen molar-refractivity contribution in [1.82, 2.24) is 4.90 Å². The van der Waals surface area contributed by atoms with E-state index in [9.17, 15) is 19.8 Å². The molecular weight excluding hydrogens is 472 g/mol. The molecule has 37 heavy (non-hydrogen) atoms. The Labute approximate surface area is 216 Å². The van der Waals surface area contributed by atoms with Gasteiger partial charge >= 0.3 is 5.97 Å². The predicted octanol–water partition coefficient (Wildman–Crippen LogP) is 3.60. The summed E-state index contributed by atoms with van der Waals surface area (Å²) in [6.45, 7) is 3.82. The highest BCUT2D eigenvalue weighted by molar-refractivity contribution is 5.88. The number of carboxylic acids is 1. The number of hydrogen-bond donors (Lipinski definition) is 3. The van der Waals surface area contributed by atoms with E-state index in [4.69, 9.17) is 15.2 Å². The van der Waals surface area contributed by atoms with Crippen molar-refractivity contribution in [1.29, 1.82) is 0 Å². The summed E-state index contributed by atoms with van der Waals surface area (Å²) in [7, 11) is 3.19. The number of amides is 1. The van der Waals surface area contributed by atoms with Crippen molar-refractivity contribution < 1.29 is 29.3 Å². The lowest BCUT2D eigenvalue weighted by atomic mass is 9.89. The highest BCUT2D eigenvalue weighted by Gasteiger charge is 2.37. The largest absolute Gasteiger partial charge is 0.508 e. The van der Waals surface area contributed by atoms with Crippen LogP contribution in [0.25, 0.3) is 11.1 Å². The summed E-state index contributed by atoms with van der Waals surface area (Å²) >= 11 is 0. The lowest BCUT2D eigenvalue weighted by Crippen LogP contribution is -2.54. The van der Waals surface area contributed by atoms with Gasteiger partial charge in [-0.15, -0.1) is 0 Å². The second kappa shape index (κ2) is 10.5. The zero-order valence-corrected chi connectivity index (χ0v) is 21.4. The highest BCUT2D eigenvalue weighted by Crippen LogP contribution is 2.37. The molecule has 0 saturated carbocycles. The number of carbonyl (C=O) groups excluding carboxylic acids is 1. The molecule has 0 radical (unpaired) electrons. The van der Waals surface area contributed by atoms with Gasteiger partial charge in [0.1, 0.15) is 23.3 Å². The fraction of sp³-hybridized carbons (Fsp3) is 0.310. The molecule has 8 nitrogen and oxygen atoms in total. The quantitative estimate of drug-likeness (QED) is 0.449. The highest BCUT2D eigenvalue weighted by atomic mass is 16.5. The zero-order chi connectivity index (χ0) is 26.9. The fourth-order valence-electron chi connectivity index (χ4n) is 5.05. The standard InChI is InChI=1S/C29H32N2O6/c1-16-9-21(32)10-17(2)23(16)14-25(30)28(33)31-15-20-13-27(37-4)24(11-19(20)12-26(31)29(34)35)18-5-7-22(36-3)8-6-18/h5-11,13,25-26,32H,12,14-15,30H2,1-4H3,(H,34,35)/t25-,26+/m1/s1. The number of hydrogen-bond acceptors (Lipinski definition) is 6. The first-order valence-electron chi connectivity index (χ1n) is 12.0. The van der Waals surface area contributed by atoms with Crippen LogP contribution in [0.4, 0.5) is 0 Å². The summed E-state index contributed by atoms with van der Waals surface area (Å²) in [5.74, 6) is 0.00727. The van der Waals surface area contributed by atoms with E-state index in [-0.39, 0.29) is 25.1 Å². The number of nitrogens with two attached hydrogens (primary N) is 1. The number of phenolic OH excluding ortho intramolecular Hbond substituents is 1. The van der Waals surface area contributed by atoms with Crippen molar-refractivity contribution >= 4 is 11.9 Å². The third kappa shape index (κ3) is 5.24. The Bertz CT molecular complexity index is 1310. The molecule has 1 aliphatic rings. The van der Waals surface area contributed by atoms with Gasteiger partial charge in [-0.2, -0.15) is 0 Å². The van der Waals surface area contributed by atoms with Crippen LogP contribution in [0, 0.1) is 13.8 Å². The summed E-state index contributed by atoms with van der Waals surface area (Å²) in [6.07, 6.45) is 0.403. The smallest absolute Gasteiger partial charge is 0.326 e. The minimum Gasteiger partial charge on any atom is -0.508 e. The molecule has 194 valence electrons. The first kappa shape index (κ1) is 26.0. The summed E-state index contributed by atoms with van der Waals surface area (Å²) in [4.78, 5) is 27.1. The maximum absolute atomic E-state index is 13.5. The summed E-state index contributed by atoms with van der Waals surface area (Å²) < 4.78 is 10.9. The molecule has 4 N–H and O–H groups in total. The molecule has 0 saturated heterocycles. The number of nitrogens with zero attached hydrogens (tertiary/aromatic N) is 1. The van der Waals surface area contributed by atoms with Crippen molar-refractivity contribution in [3.63, 3.8) is 0 Å². The normalized spacial score (nSPS) is 15.6. The molecule has 0 unspecified atom stereocenters. The summed E-state index contributed by atoms with van der Waals surface area (Å²) in [5, 5.41) is 19.8. The van der Waals surface area contributed by atoms with Crippen LogP contribution < -0.4 is 15.2 Å². The van der Waals surface area contributed by atoms with Gasteiger partial charge in [0.25, 0.3) is 0 Å². The topological polar surface area (TPSA) is 122 Å². The molecule has 3 aromatic rings. The minimum absolute atomic E-state index is 0.117. The van der Waals surface area contributed by atoms with Crippen molar-refractivity contribution in [2.24, 2.45) is 5.73 Å². The second-order valence-electron chi connectivity index (χ2n) is 9.44. The molecular formula is C29H32N2O6. The average Bonchev–Trinajstić information content (AvgIpc) is 2.88. The minimum atomic E-state index is -1.08. The van der Waals surface area contributed by atoms with E-state index in [0.29, 0.717) is 5.75 Å². The molecule has 2 atom stereocenters. The average molecular weight is 505 g/mol. The van der Waals surface area contributed by atoms with Gasteiger partial charge in [-0.25, -0.2) is 4.79 Å². The Kier molecular flexibility index (Phi) is 7.40. The summed E-state index contributed by atoms with van der Waals surface area (Å²) in [6, 6.07) is 12.7. The SMILES string of the molecule is COc1ccc(-c2cc3c(cc2OC)CN(C(=O)[C@H](N)Cc2c(C)cc(O)cc2C)[C@H](C(=O)O)C3)cc1. The van der Waals surface area contributed by atoms with E-state index in [1.807, 2.05) is 50.2 Å². The maximum atomic E-state index is 13.5. The van der Waals surface area contributed by atoms with Gasteiger partial charge in [0.15, 0.2) is 0 Å². The van der Waals surface area contributed by atoms with Gasteiger partial charge in [-0.3, -0.25) is 4.79 Å². The molecule has 1 aliphatic heterocycles. The number of rotatable bonds is 7. The molecule has 3 aromatic carbocycles. The van der Waals surface area contributed by atoms with Gasteiger partial charge in [-0.1, -0.05) is 12.1 Å². The number of benzene rings is 3. The molecule has 4 rings (SSSR count). The van der Waals surface area contributed by atoms with Crippen LogP contribution >= 0.6 is 0 Å². The Morgan fingerprint density at radius 2 is 1.68 bits per heavy atom. The van der Waals surface area contributed by atoms with Crippen LogP contribution in [-0.4, -0.2) is 53.3 Å². The number of ether oxygens (including phenoxy) is 2. The van der Waals surface area contributed by atoms with Crippen LogP contribution in [0.2, 0.25) is 0 Å². The fourth-order valence-corrected chi connectivity index (χ4v) is 5.05. The number of fused-ring (bicyclic) bond motifs is 1. The van der Waals surface area contributed by atoms with Crippen molar-refractivity contribution in [2.75, 3.05) is 14.2 Å². The number of aryl methyl sites for hydroxylation is 2. The number of carboxylic acid groups (broad SMARTS) is 1. The van der Waals surface area contributed by atoms with E-state index >= 15 is 0 Å². The van der Waals surface area contributed by atoms with E-state index in [1.165, 1.54) is 4.90 Å². The Morgan fingerprint density at radius 3 is 2.24 bits per heavy atom. The van der Waals surface area contributed by atoms with Gasteiger partial charge in [-0.05, 0) is 90.0 Å². The molecule has 0 aromatic heterocycles. The van der Waals surface area contributed by atoms with Gasteiger partial charge in [0.05, 0.1) is 20.3 Å². The van der Waals surface area contributed by atoms with E-state index in [0.717, 1.165) is 44.7 Å². The van der Waals surface area contributed by atoms with Crippen LogP contribution in [0.1, 0.15) is 27.8 Å². The van der Waals surface area contributed by atoms with E-state index in [1.54, 1.807) is 26.4 Å². The zero-order valence-electron chi connectivity index (χ0n) is 21.4. The van der Waals surface area contributed by atoms with Crippen LogP contribution in [0.5, 0.6) is 17.2 Å². The third-order valence-electron chi connectivity index (χ3n) is 7.04. The number of aliphatic carboxylic acids is 1. The van der Waals surface area contributed by atoms with E-state index in [2.05, 4.69) is 0 Å². The predicted molar refractivity (Wildman–Crippen MR) is 140 cm³/mol.